The minimum absolute atomic E-state index is 0.105. The van der Waals surface area contributed by atoms with Gasteiger partial charge >= 0.3 is 5.00 Å². The summed E-state index contributed by atoms with van der Waals surface area (Å²) in [7, 11) is 0. The van der Waals surface area contributed by atoms with Gasteiger partial charge in [0.15, 0.2) is 5.13 Å². The Morgan fingerprint density at radius 3 is 2.69 bits per heavy atom. The molecule has 1 aliphatic heterocycles. The van der Waals surface area contributed by atoms with E-state index in [-0.39, 0.29) is 5.00 Å². The molecule has 0 radical (unpaired) electrons. The van der Waals surface area contributed by atoms with E-state index in [9.17, 15) is 10.1 Å². The van der Waals surface area contributed by atoms with Gasteiger partial charge in [-0.1, -0.05) is 0 Å². The molecule has 1 N–H and O–H groups in total. The van der Waals surface area contributed by atoms with Gasteiger partial charge < -0.3 is 10.2 Å². The Hall–Kier alpha value is -1.21. The summed E-state index contributed by atoms with van der Waals surface area (Å²) in [5.41, 5.74) is 0. The first kappa shape index (κ1) is 11.3. The highest BCUT2D eigenvalue weighted by atomic mass is 32.1. The molecule has 2 rings (SSSR count). The zero-order valence-electron chi connectivity index (χ0n) is 9.21. The molecule has 1 aromatic heterocycles. The fourth-order valence-electron chi connectivity index (χ4n) is 1.97. The van der Waals surface area contributed by atoms with Crippen LogP contribution in [0, 0.1) is 10.1 Å². The quantitative estimate of drug-likeness (QED) is 0.624. The van der Waals surface area contributed by atoms with Gasteiger partial charge in [-0.2, -0.15) is 0 Å². The monoisotopic (exact) mass is 242 g/mol. The first-order valence-electron chi connectivity index (χ1n) is 5.17. The third kappa shape index (κ3) is 2.30. The number of rotatable bonds is 2. The van der Waals surface area contributed by atoms with Crippen molar-refractivity contribution in [3.05, 3.63) is 16.3 Å². The molecule has 0 spiro atoms. The largest absolute Gasteiger partial charge is 0.345 e. The molecule has 0 amide bonds. The third-order valence-electron chi connectivity index (χ3n) is 2.49. The maximum absolute atomic E-state index is 10.6. The van der Waals surface area contributed by atoms with Gasteiger partial charge in [0.05, 0.1) is 4.92 Å². The van der Waals surface area contributed by atoms with Crippen molar-refractivity contribution in [3.8, 4) is 0 Å². The van der Waals surface area contributed by atoms with E-state index in [0.29, 0.717) is 12.1 Å². The van der Waals surface area contributed by atoms with Crippen LogP contribution < -0.4 is 10.2 Å². The van der Waals surface area contributed by atoms with E-state index in [1.54, 1.807) is 0 Å². The van der Waals surface area contributed by atoms with Gasteiger partial charge in [0.1, 0.15) is 6.20 Å². The highest BCUT2D eigenvalue weighted by Gasteiger charge is 2.24. The number of anilines is 1. The molecule has 88 valence electrons. The predicted octanol–water partition coefficient (Wildman–Crippen LogP) is 1.24. The minimum Gasteiger partial charge on any atom is -0.345 e. The number of piperazine rings is 1. The molecule has 16 heavy (non-hydrogen) atoms. The number of nitrogens with one attached hydrogen (secondary N) is 1. The molecular weight excluding hydrogens is 228 g/mol. The number of thiazole rings is 1. The lowest BCUT2D eigenvalue weighted by molar-refractivity contribution is -0.380. The van der Waals surface area contributed by atoms with Crippen LogP contribution in [-0.2, 0) is 0 Å². The molecule has 2 unspecified atom stereocenters. The molecule has 7 heteroatoms. The fraction of sp³-hybridized carbons (Fsp3) is 0.667. The molecule has 1 saturated heterocycles. The van der Waals surface area contributed by atoms with Crippen molar-refractivity contribution >= 4 is 21.5 Å². The van der Waals surface area contributed by atoms with E-state index in [4.69, 9.17) is 0 Å². The number of aromatic nitrogens is 1. The Kier molecular flexibility index (Phi) is 3.06. The topological polar surface area (TPSA) is 71.3 Å². The van der Waals surface area contributed by atoms with Crippen molar-refractivity contribution in [2.45, 2.75) is 25.9 Å². The van der Waals surface area contributed by atoms with Crippen LogP contribution >= 0.6 is 11.3 Å². The van der Waals surface area contributed by atoms with Crippen LogP contribution in [0.25, 0.3) is 0 Å². The van der Waals surface area contributed by atoms with Crippen molar-refractivity contribution < 1.29 is 4.92 Å². The van der Waals surface area contributed by atoms with Crippen molar-refractivity contribution in [2.24, 2.45) is 0 Å². The van der Waals surface area contributed by atoms with Crippen LogP contribution in [0.5, 0.6) is 0 Å². The molecule has 0 aliphatic carbocycles. The van der Waals surface area contributed by atoms with E-state index in [1.165, 1.54) is 6.20 Å². The molecule has 1 aromatic rings. The highest BCUT2D eigenvalue weighted by molar-refractivity contribution is 7.18. The van der Waals surface area contributed by atoms with Gasteiger partial charge in [0.2, 0.25) is 0 Å². The van der Waals surface area contributed by atoms with Crippen LogP contribution in [-0.4, -0.2) is 35.1 Å². The van der Waals surface area contributed by atoms with Gasteiger partial charge in [-0.25, -0.2) is 4.98 Å². The zero-order valence-corrected chi connectivity index (χ0v) is 10.0. The molecule has 6 nitrogen and oxygen atoms in total. The summed E-state index contributed by atoms with van der Waals surface area (Å²) in [6.45, 7) is 5.89. The van der Waals surface area contributed by atoms with Crippen molar-refractivity contribution in [2.75, 3.05) is 18.0 Å². The molecule has 0 aromatic carbocycles. The standard InChI is InChI=1S/C9H14N4O2S/c1-6-4-12(5-7(2)11-6)9-10-3-8(16-9)13(14)15/h3,6-7,11H,4-5H2,1-2H3. The predicted molar refractivity (Wildman–Crippen MR) is 63.0 cm³/mol. The zero-order chi connectivity index (χ0) is 11.7. The van der Waals surface area contributed by atoms with E-state index < -0.39 is 4.92 Å². The van der Waals surface area contributed by atoms with Gasteiger partial charge in [0, 0.05) is 25.2 Å². The van der Waals surface area contributed by atoms with E-state index in [1.807, 2.05) is 0 Å². The van der Waals surface area contributed by atoms with E-state index in [2.05, 4.69) is 29.0 Å². The Morgan fingerprint density at radius 1 is 1.56 bits per heavy atom. The second-order valence-electron chi connectivity index (χ2n) is 4.11. The van der Waals surface area contributed by atoms with Gasteiger partial charge in [-0.15, -0.1) is 0 Å². The summed E-state index contributed by atoms with van der Waals surface area (Å²) in [5.74, 6) is 0. The highest BCUT2D eigenvalue weighted by Crippen LogP contribution is 2.29. The van der Waals surface area contributed by atoms with Crippen LogP contribution in [0.15, 0.2) is 6.20 Å². The molecule has 2 heterocycles. The number of hydrogen-bond acceptors (Lipinski definition) is 6. The average molecular weight is 242 g/mol. The van der Waals surface area contributed by atoms with Crippen molar-refractivity contribution in [1.82, 2.24) is 10.3 Å². The molecule has 1 fully saturated rings. The first-order chi connectivity index (χ1) is 7.56. The van der Waals surface area contributed by atoms with Gasteiger partial charge in [-0.05, 0) is 25.2 Å². The Labute approximate surface area is 97.4 Å². The lowest BCUT2D eigenvalue weighted by atomic mass is 10.2. The summed E-state index contributed by atoms with van der Waals surface area (Å²) in [6, 6.07) is 0.762. The maximum atomic E-state index is 10.6. The Morgan fingerprint density at radius 2 is 2.19 bits per heavy atom. The van der Waals surface area contributed by atoms with E-state index in [0.717, 1.165) is 29.6 Å². The molecular formula is C9H14N4O2S. The third-order valence-corrected chi connectivity index (χ3v) is 3.50. The smallest absolute Gasteiger partial charge is 0.345 e. The second kappa shape index (κ2) is 4.34. The Balaban J connectivity index is 2.13. The van der Waals surface area contributed by atoms with Gasteiger partial charge in [-0.3, -0.25) is 10.1 Å². The van der Waals surface area contributed by atoms with Gasteiger partial charge in [0.25, 0.3) is 0 Å². The lowest BCUT2D eigenvalue weighted by Crippen LogP contribution is -2.54. The summed E-state index contributed by atoms with van der Waals surface area (Å²) in [5, 5.41) is 14.8. The normalized spacial score (nSPS) is 25.8. The number of nitrogens with zero attached hydrogens (tertiary/aromatic N) is 3. The molecule has 0 bridgehead atoms. The minimum atomic E-state index is -0.393. The van der Waals surface area contributed by atoms with Crippen LogP contribution in [0.2, 0.25) is 0 Å². The van der Waals surface area contributed by atoms with E-state index >= 15 is 0 Å². The summed E-state index contributed by atoms with van der Waals surface area (Å²) >= 11 is 1.14. The molecule has 2 atom stereocenters. The first-order valence-corrected chi connectivity index (χ1v) is 5.99. The maximum Gasteiger partial charge on any atom is 0.345 e. The lowest BCUT2D eigenvalue weighted by Gasteiger charge is -2.35. The second-order valence-corrected chi connectivity index (χ2v) is 5.10. The summed E-state index contributed by atoms with van der Waals surface area (Å²) < 4.78 is 0. The SMILES string of the molecule is CC1CN(c2ncc([N+](=O)[O-])s2)CC(C)N1. The van der Waals surface area contributed by atoms with Crippen LogP contribution in [0.1, 0.15) is 13.8 Å². The van der Waals surface area contributed by atoms with Crippen LogP contribution in [0.3, 0.4) is 0 Å². The molecule has 0 saturated carbocycles. The number of nitro groups is 1. The summed E-state index contributed by atoms with van der Waals surface area (Å²) in [6.07, 6.45) is 1.33. The number of hydrogen-bond donors (Lipinski definition) is 1. The Bertz CT molecular complexity index is 385. The average Bonchev–Trinajstić information content (AvgIpc) is 2.64. The van der Waals surface area contributed by atoms with Crippen molar-refractivity contribution in [1.29, 1.82) is 0 Å². The van der Waals surface area contributed by atoms with Crippen molar-refractivity contribution in [3.63, 3.8) is 0 Å². The fourth-order valence-corrected chi connectivity index (χ4v) is 2.72. The molecule has 1 aliphatic rings. The summed E-state index contributed by atoms with van der Waals surface area (Å²) in [4.78, 5) is 16.4. The van der Waals surface area contributed by atoms with Crippen LogP contribution in [0.4, 0.5) is 10.1 Å².